The summed E-state index contributed by atoms with van der Waals surface area (Å²) < 4.78 is 46.5. The Morgan fingerprint density at radius 2 is 1.78 bits per heavy atom. The van der Waals surface area contributed by atoms with Crippen LogP contribution in [0.15, 0.2) is 66.9 Å². The van der Waals surface area contributed by atoms with E-state index in [1.807, 2.05) is 37.3 Å². The van der Waals surface area contributed by atoms with E-state index in [1.54, 1.807) is 24.3 Å². The fourth-order valence-electron chi connectivity index (χ4n) is 4.10. The molecule has 32 heavy (non-hydrogen) atoms. The number of benzene rings is 2. The van der Waals surface area contributed by atoms with Crippen molar-refractivity contribution in [3.05, 3.63) is 89.2 Å². The SMILES string of the molecule is COc1ccccc1C1Nc2ccnc(C(F)(F)F)c2C(=O)N1C(C)Cc1ccccc1. The zero-order valence-corrected chi connectivity index (χ0v) is 17.6. The van der Waals surface area contributed by atoms with E-state index >= 15 is 0 Å². The van der Waals surface area contributed by atoms with E-state index in [0.717, 1.165) is 11.8 Å². The van der Waals surface area contributed by atoms with Crippen LogP contribution in [0.3, 0.4) is 0 Å². The average molecular weight is 441 g/mol. The van der Waals surface area contributed by atoms with Gasteiger partial charge in [0.05, 0.1) is 18.4 Å². The summed E-state index contributed by atoms with van der Waals surface area (Å²) in [6, 6.07) is 17.6. The van der Waals surface area contributed by atoms with Crippen molar-refractivity contribution in [2.45, 2.75) is 31.7 Å². The second kappa shape index (κ2) is 8.53. The van der Waals surface area contributed by atoms with Gasteiger partial charge in [0, 0.05) is 17.8 Å². The standard InChI is InChI=1S/C24H22F3N3O2/c1-15(14-16-8-4-3-5-9-16)30-22(17-10-6-7-11-19(17)32-2)29-18-12-13-28-21(24(25,26)27)20(18)23(30)31/h3-13,15,22,29H,14H2,1-2H3. The summed E-state index contributed by atoms with van der Waals surface area (Å²) in [7, 11) is 1.51. The third-order valence-electron chi connectivity index (χ3n) is 5.52. The van der Waals surface area contributed by atoms with E-state index in [4.69, 9.17) is 4.74 Å². The number of hydrogen-bond acceptors (Lipinski definition) is 4. The summed E-state index contributed by atoms with van der Waals surface area (Å²) in [4.78, 5) is 18.5. The van der Waals surface area contributed by atoms with Gasteiger partial charge in [0.25, 0.3) is 5.91 Å². The summed E-state index contributed by atoms with van der Waals surface area (Å²) in [5.74, 6) is -0.193. The van der Waals surface area contributed by atoms with Crippen LogP contribution in [-0.4, -0.2) is 28.9 Å². The average Bonchev–Trinajstić information content (AvgIpc) is 2.78. The van der Waals surface area contributed by atoms with E-state index < -0.39 is 35.5 Å². The van der Waals surface area contributed by atoms with Gasteiger partial charge in [0.15, 0.2) is 5.69 Å². The Kier molecular flexibility index (Phi) is 5.78. The van der Waals surface area contributed by atoms with Gasteiger partial charge < -0.3 is 15.0 Å². The molecular weight excluding hydrogens is 419 g/mol. The lowest BCUT2D eigenvalue weighted by Crippen LogP contribution is -2.49. The number of carbonyl (C=O) groups excluding carboxylic acids is 1. The highest BCUT2D eigenvalue weighted by Crippen LogP contribution is 2.42. The van der Waals surface area contributed by atoms with Crippen LogP contribution in [0.2, 0.25) is 0 Å². The molecule has 0 spiro atoms. The number of amides is 1. The second-order valence-corrected chi connectivity index (χ2v) is 7.62. The number of pyridine rings is 1. The largest absolute Gasteiger partial charge is 0.496 e. The van der Waals surface area contributed by atoms with Crippen LogP contribution in [0.5, 0.6) is 5.75 Å². The first-order valence-corrected chi connectivity index (χ1v) is 10.1. The Morgan fingerprint density at radius 3 is 2.47 bits per heavy atom. The molecule has 4 rings (SSSR count). The number of carbonyl (C=O) groups is 1. The van der Waals surface area contributed by atoms with Crippen LogP contribution >= 0.6 is 0 Å². The maximum atomic E-state index is 13.7. The van der Waals surface area contributed by atoms with Crippen molar-refractivity contribution in [1.82, 2.24) is 9.88 Å². The van der Waals surface area contributed by atoms with E-state index in [-0.39, 0.29) is 5.69 Å². The number of alkyl halides is 3. The van der Waals surface area contributed by atoms with Crippen molar-refractivity contribution < 1.29 is 22.7 Å². The van der Waals surface area contributed by atoms with Crippen molar-refractivity contribution in [2.75, 3.05) is 12.4 Å². The van der Waals surface area contributed by atoms with E-state index in [0.29, 0.717) is 17.7 Å². The Hall–Kier alpha value is -3.55. The minimum absolute atomic E-state index is 0.0939. The van der Waals surface area contributed by atoms with Crippen LogP contribution in [0.4, 0.5) is 18.9 Å². The molecule has 2 aromatic carbocycles. The van der Waals surface area contributed by atoms with E-state index in [9.17, 15) is 18.0 Å². The number of nitrogens with one attached hydrogen (secondary N) is 1. The summed E-state index contributed by atoms with van der Waals surface area (Å²) in [5.41, 5.74) is 0.0595. The molecule has 0 aliphatic carbocycles. The molecule has 5 nitrogen and oxygen atoms in total. The lowest BCUT2D eigenvalue weighted by atomic mass is 9.97. The fraction of sp³-hybridized carbons (Fsp3) is 0.250. The number of hydrogen-bond donors (Lipinski definition) is 1. The third-order valence-corrected chi connectivity index (χ3v) is 5.52. The van der Waals surface area contributed by atoms with Crippen molar-refractivity contribution >= 4 is 11.6 Å². The van der Waals surface area contributed by atoms with Crippen LogP contribution in [0.25, 0.3) is 0 Å². The molecule has 1 aliphatic rings. The number of ether oxygens (including phenoxy) is 1. The van der Waals surface area contributed by atoms with Crippen LogP contribution in [-0.2, 0) is 12.6 Å². The maximum absolute atomic E-state index is 13.7. The first-order chi connectivity index (χ1) is 15.3. The predicted octanol–water partition coefficient (Wildman–Crippen LogP) is 5.31. The zero-order valence-electron chi connectivity index (χ0n) is 17.6. The van der Waals surface area contributed by atoms with Gasteiger partial charge in [-0.3, -0.25) is 9.78 Å². The lowest BCUT2D eigenvalue weighted by molar-refractivity contribution is -0.141. The summed E-state index contributed by atoms with van der Waals surface area (Å²) in [5, 5.41) is 3.13. The Morgan fingerprint density at radius 1 is 1.09 bits per heavy atom. The van der Waals surface area contributed by atoms with Gasteiger partial charge in [-0.15, -0.1) is 0 Å². The van der Waals surface area contributed by atoms with Crippen molar-refractivity contribution in [3.63, 3.8) is 0 Å². The summed E-state index contributed by atoms with van der Waals surface area (Å²) in [6.45, 7) is 1.82. The van der Waals surface area contributed by atoms with E-state index in [1.165, 1.54) is 18.1 Å². The highest BCUT2D eigenvalue weighted by Gasteiger charge is 2.45. The maximum Gasteiger partial charge on any atom is 0.434 e. The molecule has 1 aliphatic heterocycles. The molecule has 2 unspecified atom stereocenters. The van der Waals surface area contributed by atoms with Gasteiger partial charge in [-0.05, 0) is 31.0 Å². The van der Waals surface area contributed by atoms with Gasteiger partial charge in [-0.25, -0.2) is 0 Å². The van der Waals surface area contributed by atoms with Crippen LogP contribution < -0.4 is 10.1 Å². The molecule has 2 heterocycles. The highest BCUT2D eigenvalue weighted by atomic mass is 19.4. The fourth-order valence-corrected chi connectivity index (χ4v) is 4.10. The molecule has 0 saturated carbocycles. The number of anilines is 1. The minimum atomic E-state index is -4.76. The summed E-state index contributed by atoms with van der Waals surface area (Å²) in [6.07, 6.45) is -3.94. The van der Waals surface area contributed by atoms with Gasteiger partial charge in [0.2, 0.25) is 0 Å². The molecule has 166 valence electrons. The zero-order chi connectivity index (χ0) is 22.9. The van der Waals surface area contributed by atoms with Gasteiger partial charge >= 0.3 is 6.18 Å². The molecule has 0 radical (unpaired) electrons. The first kappa shape index (κ1) is 21.7. The van der Waals surface area contributed by atoms with Crippen molar-refractivity contribution in [1.29, 1.82) is 0 Å². The highest BCUT2D eigenvalue weighted by molar-refractivity contribution is 6.03. The Labute approximate surface area is 183 Å². The number of methoxy groups -OCH3 is 1. The molecule has 2 atom stereocenters. The van der Waals surface area contributed by atoms with Crippen molar-refractivity contribution in [3.8, 4) is 5.75 Å². The molecule has 1 N–H and O–H groups in total. The third kappa shape index (κ3) is 4.00. The Balaban J connectivity index is 1.84. The number of fused-ring (bicyclic) bond motifs is 1. The van der Waals surface area contributed by atoms with Crippen LogP contribution in [0, 0.1) is 0 Å². The van der Waals surface area contributed by atoms with E-state index in [2.05, 4.69) is 10.3 Å². The molecule has 1 amide bonds. The minimum Gasteiger partial charge on any atom is -0.496 e. The van der Waals surface area contributed by atoms with Crippen LogP contribution in [0.1, 0.15) is 40.3 Å². The quantitative estimate of drug-likeness (QED) is 0.583. The number of rotatable bonds is 5. The number of aromatic nitrogens is 1. The topological polar surface area (TPSA) is 54.5 Å². The first-order valence-electron chi connectivity index (χ1n) is 10.1. The predicted molar refractivity (Wildman–Crippen MR) is 114 cm³/mol. The lowest BCUT2D eigenvalue weighted by Gasteiger charge is -2.42. The molecular formula is C24H22F3N3O2. The molecule has 0 saturated heterocycles. The smallest absolute Gasteiger partial charge is 0.434 e. The second-order valence-electron chi connectivity index (χ2n) is 7.62. The number of para-hydroxylation sites is 1. The molecule has 0 fully saturated rings. The monoisotopic (exact) mass is 441 g/mol. The molecule has 3 aromatic rings. The molecule has 0 bridgehead atoms. The Bertz CT molecular complexity index is 1120. The normalized spacial score (nSPS) is 16.8. The van der Waals surface area contributed by atoms with Gasteiger partial charge in [-0.1, -0.05) is 48.5 Å². The number of nitrogens with zero attached hydrogens (tertiary/aromatic N) is 2. The van der Waals surface area contributed by atoms with Gasteiger partial charge in [-0.2, -0.15) is 13.2 Å². The van der Waals surface area contributed by atoms with Crippen molar-refractivity contribution in [2.24, 2.45) is 0 Å². The van der Waals surface area contributed by atoms with Gasteiger partial charge in [0.1, 0.15) is 11.9 Å². The number of halogens is 3. The molecule has 8 heteroatoms. The summed E-state index contributed by atoms with van der Waals surface area (Å²) >= 11 is 0. The molecule has 1 aromatic heterocycles.